The molecule has 2 atom stereocenters. The van der Waals surface area contributed by atoms with Crippen molar-refractivity contribution in [3.8, 4) is 0 Å². The second-order valence-electron chi connectivity index (χ2n) is 4.99. The van der Waals surface area contributed by atoms with Gasteiger partial charge in [0, 0.05) is 24.2 Å². The van der Waals surface area contributed by atoms with Crippen LogP contribution in [0.25, 0.3) is 6.08 Å². The zero-order valence-electron chi connectivity index (χ0n) is 11.5. The van der Waals surface area contributed by atoms with Crippen LogP contribution in [-0.4, -0.2) is 36.4 Å². The molecule has 0 aliphatic carbocycles. The molecular formula is C15H18FNO3. The number of aliphatic carboxylic acids is 1. The largest absolute Gasteiger partial charge is 0.478 e. The standard InChI is InChI=1S/C15H18FNO3/c1-10-9-20-11(2)8-17(10)15-12(6-7-14(18)19)4-3-5-13(15)16/h3-7,10-11H,8-9H2,1-2H3,(H,18,19)/b7-6+. The summed E-state index contributed by atoms with van der Waals surface area (Å²) in [6.45, 7) is 5.00. The van der Waals surface area contributed by atoms with E-state index in [4.69, 9.17) is 9.84 Å². The lowest BCUT2D eigenvalue weighted by Crippen LogP contribution is -2.48. The minimum Gasteiger partial charge on any atom is -0.478 e. The number of anilines is 1. The molecular weight excluding hydrogens is 261 g/mol. The van der Waals surface area contributed by atoms with E-state index in [1.54, 1.807) is 12.1 Å². The minimum atomic E-state index is -1.05. The van der Waals surface area contributed by atoms with Gasteiger partial charge in [-0.25, -0.2) is 9.18 Å². The zero-order valence-corrected chi connectivity index (χ0v) is 11.5. The molecule has 1 fully saturated rings. The maximum atomic E-state index is 14.2. The molecule has 0 spiro atoms. The topological polar surface area (TPSA) is 49.8 Å². The van der Waals surface area contributed by atoms with Gasteiger partial charge >= 0.3 is 5.97 Å². The number of carbonyl (C=O) groups is 1. The van der Waals surface area contributed by atoms with Gasteiger partial charge in [0.2, 0.25) is 0 Å². The maximum Gasteiger partial charge on any atom is 0.328 e. The fourth-order valence-corrected chi connectivity index (χ4v) is 2.35. The SMILES string of the molecule is CC1CN(c2c(F)cccc2/C=C/C(=O)O)C(C)CO1. The maximum absolute atomic E-state index is 14.2. The average Bonchev–Trinajstić information content (AvgIpc) is 2.39. The van der Waals surface area contributed by atoms with Gasteiger partial charge in [-0.2, -0.15) is 0 Å². The summed E-state index contributed by atoms with van der Waals surface area (Å²) in [5, 5.41) is 8.73. The third kappa shape index (κ3) is 3.17. The van der Waals surface area contributed by atoms with Crippen LogP contribution in [-0.2, 0) is 9.53 Å². The highest BCUT2D eigenvalue weighted by atomic mass is 19.1. The number of morpholine rings is 1. The molecule has 5 heteroatoms. The molecule has 2 rings (SSSR count). The lowest BCUT2D eigenvalue weighted by Gasteiger charge is -2.39. The summed E-state index contributed by atoms with van der Waals surface area (Å²) in [6, 6.07) is 4.72. The van der Waals surface area contributed by atoms with Crippen LogP contribution in [0.4, 0.5) is 10.1 Å². The van der Waals surface area contributed by atoms with E-state index in [2.05, 4.69) is 0 Å². The molecule has 1 N–H and O–H groups in total. The quantitative estimate of drug-likeness (QED) is 0.864. The van der Waals surface area contributed by atoms with Gasteiger partial charge in [-0.3, -0.25) is 0 Å². The van der Waals surface area contributed by atoms with Crippen molar-refractivity contribution in [2.75, 3.05) is 18.1 Å². The smallest absolute Gasteiger partial charge is 0.328 e. The number of hydrogen-bond acceptors (Lipinski definition) is 3. The second kappa shape index (κ2) is 6.05. The van der Waals surface area contributed by atoms with Gasteiger partial charge in [-0.05, 0) is 26.0 Å². The highest BCUT2D eigenvalue weighted by Gasteiger charge is 2.27. The van der Waals surface area contributed by atoms with Gasteiger partial charge < -0.3 is 14.7 Å². The predicted molar refractivity (Wildman–Crippen MR) is 75.3 cm³/mol. The first-order valence-electron chi connectivity index (χ1n) is 6.57. The Labute approximate surface area is 117 Å². The summed E-state index contributed by atoms with van der Waals surface area (Å²) in [4.78, 5) is 12.6. The van der Waals surface area contributed by atoms with Crippen LogP contribution in [0.15, 0.2) is 24.3 Å². The summed E-state index contributed by atoms with van der Waals surface area (Å²) in [5.41, 5.74) is 1.00. The van der Waals surface area contributed by atoms with Crippen LogP contribution >= 0.6 is 0 Å². The molecule has 4 nitrogen and oxygen atoms in total. The summed E-state index contributed by atoms with van der Waals surface area (Å²) in [6.07, 6.45) is 2.46. The van der Waals surface area contributed by atoms with E-state index >= 15 is 0 Å². The van der Waals surface area contributed by atoms with Crippen molar-refractivity contribution >= 4 is 17.7 Å². The molecule has 108 valence electrons. The molecule has 0 saturated carbocycles. The molecule has 1 aromatic rings. The van der Waals surface area contributed by atoms with E-state index < -0.39 is 5.97 Å². The molecule has 0 bridgehead atoms. The fourth-order valence-electron chi connectivity index (χ4n) is 2.35. The Morgan fingerprint density at radius 3 is 2.95 bits per heavy atom. The van der Waals surface area contributed by atoms with Gasteiger partial charge in [0.25, 0.3) is 0 Å². The first kappa shape index (κ1) is 14.5. The van der Waals surface area contributed by atoms with Gasteiger partial charge in [0.1, 0.15) is 5.82 Å². The van der Waals surface area contributed by atoms with Crippen molar-refractivity contribution in [1.29, 1.82) is 0 Å². The van der Waals surface area contributed by atoms with Crippen molar-refractivity contribution in [2.45, 2.75) is 26.0 Å². The molecule has 20 heavy (non-hydrogen) atoms. The summed E-state index contributed by atoms with van der Waals surface area (Å²) in [5.74, 6) is -1.40. The van der Waals surface area contributed by atoms with E-state index in [0.29, 0.717) is 24.4 Å². The van der Waals surface area contributed by atoms with Crippen molar-refractivity contribution in [2.24, 2.45) is 0 Å². The number of benzene rings is 1. The molecule has 1 aliphatic rings. The van der Waals surface area contributed by atoms with Crippen molar-refractivity contribution in [1.82, 2.24) is 0 Å². The first-order valence-corrected chi connectivity index (χ1v) is 6.57. The van der Waals surface area contributed by atoms with E-state index in [0.717, 1.165) is 6.08 Å². The number of para-hydroxylation sites is 1. The van der Waals surface area contributed by atoms with Crippen LogP contribution in [0.1, 0.15) is 19.4 Å². The molecule has 1 aliphatic heterocycles. The van der Waals surface area contributed by atoms with Gasteiger partial charge in [0.15, 0.2) is 0 Å². The van der Waals surface area contributed by atoms with Crippen LogP contribution in [0.3, 0.4) is 0 Å². The van der Waals surface area contributed by atoms with Crippen LogP contribution in [0.5, 0.6) is 0 Å². The zero-order chi connectivity index (χ0) is 14.7. The van der Waals surface area contributed by atoms with Crippen LogP contribution in [0, 0.1) is 5.82 Å². The van der Waals surface area contributed by atoms with Gasteiger partial charge in [-0.15, -0.1) is 0 Å². The van der Waals surface area contributed by atoms with Gasteiger partial charge in [0.05, 0.1) is 18.4 Å². The Balaban J connectivity index is 2.40. The molecule has 1 heterocycles. The van der Waals surface area contributed by atoms with E-state index in [9.17, 15) is 9.18 Å². The summed E-state index contributed by atoms with van der Waals surface area (Å²) < 4.78 is 19.7. The van der Waals surface area contributed by atoms with E-state index in [1.807, 2.05) is 18.7 Å². The molecule has 1 saturated heterocycles. The Hall–Kier alpha value is -1.88. The minimum absolute atomic E-state index is 0.0158. The van der Waals surface area contributed by atoms with E-state index in [1.165, 1.54) is 12.1 Å². The number of rotatable bonds is 3. The number of ether oxygens (including phenoxy) is 1. The highest BCUT2D eigenvalue weighted by molar-refractivity contribution is 5.87. The third-order valence-electron chi connectivity index (χ3n) is 3.32. The first-order chi connectivity index (χ1) is 9.49. The predicted octanol–water partition coefficient (Wildman–Crippen LogP) is 2.54. The van der Waals surface area contributed by atoms with Crippen molar-refractivity contribution in [3.05, 3.63) is 35.7 Å². The normalized spacial score (nSPS) is 23.2. The molecule has 1 aromatic carbocycles. The van der Waals surface area contributed by atoms with Gasteiger partial charge in [-0.1, -0.05) is 12.1 Å². The number of carboxylic acids is 1. The van der Waals surface area contributed by atoms with Crippen LogP contribution in [0.2, 0.25) is 0 Å². The second-order valence-corrected chi connectivity index (χ2v) is 4.99. The lowest BCUT2D eigenvalue weighted by molar-refractivity contribution is -0.131. The highest BCUT2D eigenvalue weighted by Crippen LogP contribution is 2.29. The van der Waals surface area contributed by atoms with Crippen LogP contribution < -0.4 is 4.90 Å². The Kier molecular flexibility index (Phi) is 4.39. The molecule has 0 aromatic heterocycles. The number of halogens is 1. The number of carboxylic acid groups (broad SMARTS) is 1. The molecule has 0 amide bonds. The summed E-state index contributed by atoms with van der Waals surface area (Å²) >= 11 is 0. The Morgan fingerprint density at radius 1 is 1.50 bits per heavy atom. The monoisotopic (exact) mass is 279 g/mol. The Bertz CT molecular complexity index is 530. The fraction of sp³-hybridized carbons (Fsp3) is 0.400. The van der Waals surface area contributed by atoms with E-state index in [-0.39, 0.29) is 18.0 Å². The summed E-state index contributed by atoms with van der Waals surface area (Å²) in [7, 11) is 0. The average molecular weight is 279 g/mol. The lowest BCUT2D eigenvalue weighted by atomic mass is 10.1. The van der Waals surface area contributed by atoms with Crippen molar-refractivity contribution in [3.63, 3.8) is 0 Å². The number of hydrogen-bond donors (Lipinski definition) is 1. The van der Waals surface area contributed by atoms with Crippen molar-refractivity contribution < 1.29 is 19.0 Å². The molecule has 0 radical (unpaired) electrons. The third-order valence-corrected chi connectivity index (χ3v) is 3.32. The Morgan fingerprint density at radius 2 is 2.25 bits per heavy atom. The number of nitrogens with zero attached hydrogens (tertiary/aromatic N) is 1. The molecule has 2 unspecified atom stereocenters.